The van der Waals surface area contributed by atoms with Gasteiger partial charge in [-0.1, -0.05) is 37.4 Å². The summed E-state index contributed by atoms with van der Waals surface area (Å²) in [6.07, 6.45) is 5.15. The minimum Gasteiger partial charge on any atom is -0.444 e. The quantitative estimate of drug-likeness (QED) is 0.303. The van der Waals surface area contributed by atoms with E-state index in [1.165, 1.54) is 40.9 Å². The third-order valence-electron chi connectivity index (χ3n) is 5.44. The summed E-state index contributed by atoms with van der Waals surface area (Å²) < 4.78 is 5.81. The van der Waals surface area contributed by atoms with E-state index in [-0.39, 0.29) is 23.1 Å². The number of likely N-dealkylation sites (tertiary alicyclic amines) is 1. The minimum atomic E-state index is -0.479. The zero-order valence-electron chi connectivity index (χ0n) is 19.3. The van der Waals surface area contributed by atoms with Gasteiger partial charge < -0.3 is 9.32 Å². The Bertz CT molecular complexity index is 1150. The largest absolute Gasteiger partial charge is 0.444 e. The molecule has 1 amide bonds. The fourth-order valence-corrected chi connectivity index (χ4v) is 4.24. The third-order valence-corrected chi connectivity index (χ3v) is 6.31. The fourth-order valence-electron chi connectivity index (χ4n) is 3.58. The van der Waals surface area contributed by atoms with Crippen molar-refractivity contribution < 1.29 is 14.1 Å². The lowest BCUT2D eigenvalue weighted by Crippen LogP contribution is -2.47. The Labute approximate surface area is 201 Å². The number of aromatic nitrogens is 4. The second-order valence-corrected chi connectivity index (χ2v) is 10.1. The lowest BCUT2D eigenvalue weighted by molar-refractivity contribution is -0.384. The van der Waals surface area contributed by atoms with E-state index >= 15 is 0 Å². The van der Waals surface area contributed by atoms with Crippen molar-refractivity contribution >= 4 is 23.4 Å². The number of non-ortho nitro benzene ring substituents is 1. The number of oxazole rings is 1. The molecule has 2 aromatic heterocycles. The molecule has 11 nitrogen and oxygen atoms in total. The molecule has 0 spiro atoms. The minimum absolute atomic E-state index is 0.0120. The van der Waals surface area contributed by atoms with Crippen molar-refractivity contribution in [3.05, 3.63) is 64.0 Å². The molecular weight excluding hydrogens is 458 g/mol. The Morgan fingerprint density at radius 2 is 2.06 bits per heavy atom. The maximum atomic E-state index is 12.8. The molecule has 0 aliphatic carbocycles. The zero-order chi connectivity index (χ0) is 24.3. The molecule has 1 aliphatic rings. The molecule has 1 fully saturated rings. The Morgan fingerprint density at radius 1 is 1.29 bits per heavy atom. The zero-order valence-corrected chi connectivity index (χ0v) is 20.1. The molecule has 0 saturated carbocycles. The van der Waals surface area contributed by atoms with Crippen LogP contribution in [-0.2, 0) is 11.2 Å². The number of rotatable bonds is 7. The summed E-state index contributed by atoms with van der Waals surface area (Å²) in [5.41, 5.74) is 3.55. The van der Waals surface area contributed by atoms with Crippen LogP contribution in [0.15, 0.2) is 46.1 Å². The van der Waals surface area contributed by atoms with E-state index in [1.807, 2.05) is 0 Å². The molecule has 1 aliphatic heterocycles. The molecule has 0 bridgehead atoms. The van der Waals surface area contributed by atoms with E-state index in [9.17, 15) is 14.9 Å². The predicted molar refractivity (Wildman–Crippen MR) is 126 cm³/mol. The van der Waals surface area contributed by atoms with Crippen LogP contribution >= 0.6 is 11.8 Å². The summed E-state index contributed by atoms with van der Waals surface area (Å²) in [6, 6.07) is 5.68. The highest BCUT2D eigenvalue weighted by Crippen LogP contribution is 2.26. The van der Waals surface area contributed by atoms with Crippen LogP contribution in [0, 0.1) is 10.1 Å². The predicted octanol–water partition coefficient (Wildman–Crippen LogP) is 3.61. The van der Waals surface area contributed by atoms with Gasteiger partial charge in [-0.15, -0.1) is 10.2 Å². The van der Waals surface area contributed by atoms with Gasteiger partial charge in [0.15, 0.2) is 0 Å². The number of nitrogens with one attached hydrogen (secondary N) is 1. The Hall–Kier alpha value is -3.41. The van der Waals surface area contributed by atoms with Crippen molar-refractivity contribution in [3.8, 4) is 0 Å². The first kappa shape index (κ1) is 23.7. The first-order valence-corrected chi connectivity index (χ1v) is 12.0. The SMILES string of the molecule is CC(C)(C)c1cnc(CSc2cnn(N[C@@H]3CCCN(C(=O)c4ccc([N+](=O)[O-])cc4)C3)n2)o1. The first-order valence-electron chi connectivity index (χ1n) is 11.0. The molecule has 4 rings (SSSR count). The number of hydrogen-bond donors (Lipinski definition) is 1. The molecule has 180 valence electrons. The van der Waals surface area contributed by atoms with Gasteiger partial charge in [-0.2, -0.15) is 0 Å². The van der Waals surface area contributed by atoms with Crippen LogP contribution in [0.2, 0.25) is 0 Å². The topological polar surface area (TPSA) is 132 Å². The van der Waals surface area contributed by atoms with Crippen LogP contribution < -0.4 is 5.43 Å². The molecule has 12 heteroatoms. The van der Waals surface area contributed by atoms with Crippen molar-refractivity contribution in [2.24, 2.45) is 0 Å². The highest BCUT2D eigenvalue weighted by molar-refractivity contribution is 7.98. The number of hydrogen-bond acceptors (Lipinski definition) is 9. The second kappa shape index (κ2) is 9.84. The summed E-state index contributed by atoms with van der Waals surface area (Å²) in [5.74, 6) is 1.89. The lowest BCUT2D eigenvalue weighted by atomic mass is 9.94. The Balaban J connectivity index is 1.30. The van der Waals surface area contributed by atoms with E-state index in [2.05, 4.69) is 41.4 Å². The first-order chi connectivity index (χ1) is 16.2. The van der Waals surface area contributed by atoms with Crippen molar-refractivity contribution in [2.75, 3.05) is 18.5 Å². The molecule has 0 unspecified atom stereocenters. The van der Waals surface area contributed by atoms with Gasteiger partial charge in [0.2, 0.25) is 5.89 Å². The molecule has 1 N–H and O–H groups in total. The van der Waals surface area contributed by atoms with E-state index in [1.54, 1.807) is 17.3 Å². The lowest BCUT2D eigenvalue weighted by Gasteiger charge is -2.33. The van der Waals surface area contributed by atoms with Crippen molar-refractivity contribution in [3.63, 3.8) is 0 Å². The number of benzene rings is 1. The molecule has 3 aromatic rings. The summed E-state index contributed by atoms with van der Waals surface area (Å²) in [4.78, 5) is 30.7. The molecule has 3 heterocycles. The van der Waals surface area contributed by atoms with Crippen LogP contribution in [0.3, 0.4) is 0 Å². The molecular formula is C22H27N7O4S. The number of carbonyl (C=O) groups is 1. The Kier molecular flexibility index (Phi) is 6.87. The smallest absolute Gasteiger partial charge is 0.269 e. The number of piperidine rings is 1. The summed E-state index contributed by atoms with van der Waals surface area (Å²) >= 11 is 1.48. The van der Waals surface area contributed by atoms with E-state index < -0.39 is 4.92 Å². The van der Waals surface area contributed by atoms with E-state index in [0.717, 1.165) is 23.6 Å². The van der Waals surface area contributed by atoms with Crippen LogP contribution in [-0.4, -0.2) is 54.9 Å². The van der Waals surface area contributed by atoms with Crippen molar-refractivity contribution in [2.45, 2.75) is 55.8 Å². The number of nitrogens with zero attached hydrogens (tertiary/aromatic N) is 6. The normalized spacial score (nSPS) is 16.4. The fraction of sp³-hybridized carbons (Fsp3) is 0.455. The monoisotopic (exact) mass is 485 g/mol. The molecule has 34 heavy (non-hydrogen) atoms. The average molecular weight is 486 g/mol. The van der Waals surface area contributed by atoms with Gasteiger partial charge in [-0.25, -0.2) is 4.98 Å². The standard InChI is InChI=1S/C22H27N7O4S/c1-22(2,3)18-11-23-19(33-18)14-34-20-12-24-29(26-20)25-16-5-4-10-27(13-16)21(30)15-6-8-17(9-7-15)28(31)32/h6-9,11-12,16,25H,4-5,10,13-14H2,1-3H3/t16-/m1/s1. The van der Waals surface area contributed by atoms with Crippen molar-refractivity contribution in [1.82, 2.24) is 25.0 Å². The van der Waals surface area contributed by atoms with Gasteiger partial charge in [0, 0.05) is 36.2 Å². The number of nitro groups is 1. The van der Waals surface area contributed by atoms with Crippen LogP contribution in [0.1, 0.15) is 55.6 Å². The van der Waals surface area contributed by atoms with E-state index in [0.29, 0.717) is 30.3 Å². The van der Waals surface area contributed by atoms with Gasteiger partial charge in [-0.3, -0.25) is 20.3 Å². The highest BCUT2D eigenvalue weighted by atomic mass is 32.2. The maximum Gasteiger partial charge on any atom is 0.269 e. The summed E-state index contributed by atoms with van der Waals surface area (Å²) in [5, 5.41) is 20.3. The van der Waals surface area contributed by atoms with Gasteiger partial charge in [0.05, 0.1) is 29.1 Å². The van der Waals surface area contributed by atoms with Crippen LogP contribution in [0.25, 0.3) is 0 Å². The molecule has 0 radical (unpaired) electrons. The maximum absolute atomic E-state index is 12.8. The van der Waals surface area contributed by atoms with Crippen LogP contribution in [0.5, 0.6) is 0 Å². The Morgan fingerprint density at radius 3 is 2.74 bits per heavy atom. The molecule has 1 aromatic carbocycles. The highest BCUT2D eigenvalue weighted by Gasteiger charge is 2.25. The van der Waals surface area contributed by atoms with Gasteiger partial charge in [0.25, 0.3) is 11.6 Å². The van der Waals surface area contributed by atoms with Gasteiger partial charge >= 0.3 is 0 Å². The van der Waals surface area contributed by atoms with E-state index in [4.69, 9.17) is 4.42 Å². The summed E-state index contributed by atoms with van der Waals surface area (Å²) in [7, 11) is 0. The number of amides is 1. The van der Waals surface area contributed by atoms with Crippen molar-refractivity contribution in [1.29, 1.82) is 0 Å². The van der Waals surface area contributed by atoms with Crippen LogP contribution in [0.4, 0.5) is 5.69 Å². The number of carbonyl (C=O) groups excluding carboxylic acids is 1. The third kappa shape index (κ3) is 5.74. The number of nitro benzene ring substituents is 1. The summed E-state index contributed by atoms with van der Waals surface area (Å²) in [6.45, 7) is 7.36. The van der Waals surface area contributed by atoms with Gasteiger partial charge in [-0.05, 0) is 25.0 Å². The second-order valence-electron chi connectivity index (χ2n) is 9.15. The molecule has 1 atom stereocenters. The number of thioether (sulfide) groups is 1. The van der Waals surface area contributed by atoms with Gasteiger partial charge in [0.1, 0.15) is 10.8 Å². The molecule has 1 saturated heterocycles. The average Bonchev–Trinajstić information content (AvgIpc) is 3.47.